The number of aromatic amines is 2. The molecule has 0 bridgehead atoms. The lowest BCUT2D eigenvalue weighted by atomic mass is 10.0. The number of unbranched alkanes of at least 4 members (excludes halogenated alkanes) is 2. The molecule has 0 spiro atoms. The second-order valence-corrected chi connectivity index (χ2v) is 7.54. The van der Waals surface area contributed by atoms with Gasteiger partial charge in [0.2, 0.25) is 0 Å². The average molecular weight is 460 g/mol. The Bertz CT molecular complexity index is 1060. The Balaban J connectivity index is 2.18. The molecule has 32 heavy (non-hydrogen) atoms. The molecule has 0 unspecified atom stereocenters. The second kappa shape index (κ2) is 8.83. The summed E-state index contributed by atoms with van der Waals surface area (Å²) in [6, 6.07) is 3.30. The van der Waals surface area contributed by atoms with Crippen LogP contribution in [0.3, 0.4) is 0 Å². The van der Waals surface area contributed by atoms with E-state index in [9.17, 15) is 26.3 Å². The van der Waals surface area contributed by atoms with E-state index in [1.165, 1.54) is 0 Å². The Labute approximate surface area is 180 Å². The van der Waals surface area contributed by atoms with Gasteiger partial charge in [0, 0.05) is 14.1 Å². The normalized spacial score (nSPS) is 12.4. The van der Waals surface area contributed by atoms with Crippen LogP contribution in [0.15, 0.2) is 18.2 Å². The highest BCUT2D eigenvalue weighted by Crippen LogP contribution is 2.38. The zero-order valence-electron chi connectivity index (χ0n) is 17.6. The Hall–Kier alpha value is -3.05. The number of anilines is 1. The van der Waals surface area contributed by atoms with Gasteiger partial charge >= 0.3 is 12.4 Å². The van der Waals surface area contributed by atoms with Crippen LogP contribution in [0.5, 0.6) is 0 Å². The summed E-state index contributed by atoms with van der Waals surface area (Å²) in [6.45, 7) is 2.03. The number of halogens is 6. The highest BCUT2D eigenvalue weighted by atomic mass is 19.4. The van der Waals surface area contributed by atoms with E-state index in [1.54, 1.807) is 25.1 Å². The van der Waals surface area contributed by atoms with Crippen molar-refractivity contribution >= 4 is 5.69 Å². The first-order valence-electron chi connectivity index (χ1n) is 9.89. The largest absolute Gasteiger partial charge is 0.435 e. The molecule has 0 aliphatic rings. The maximum absolute atomic E-state index is 13.1. The van der Waals surface area contributed by atoms with Gasteiger partial charge in [-0.3, -0.25) is 10.2 Å². The first-order chi connectivity index (χ1) is 14.9. The summed E-state index contributed by atoms with van der Waals surface area (Å²) in [4.78, 5) is 6.11. The third kappa shape index (κ3) is 5.05. The fraction of sp³-hybridized carbons (Fsp3) is 0.450. The predicted octanol–water partition coefficient (Wildman–Crippen LogP) is 5.70. The van der Waals surface area contributed by atoms with Gasteiger partial charge in [-0.25, -0.2) is 4.98 Å². The van der Waals surface area contributed by atoms with E-state index in [-0.39, 0.29) is 22.8 Å². The molecule has 6 nitrogen and oxygen atoms in total. The smallest absolute Gasteiger partial charge is 0.376 e. The summed E-state index contributed by atoms with van der Waals surface area (Å²) in [5.74, 6) is 0. The molecule has 2 N–H and O–H groups in total. The molecule has 0 saturated heterocycles. The van der Waals surface area contributed by atoms with Crippen molar-refractivity contribution in [2.45, 2.75) is 45.0 Å². The Morgan fingerprint density at radius 3 is 1.91 bits per heavy atom. The van der Waals surface area contributed by atoms with Crippen LogP contribution in [-0.2, 0) is 18.8 Å². The summed E-state index contributed by atoms with van der Waals surface area (Å²) in [6.07, 6.45) is -6.05. The summed E-state index contributed by atoms with van der Waals surface area (Å²) >= 11 is 0. The molecule has 3 rings (SSSR count). The summed E-state index contributed by atoms with van der Waals surface area (Å²) in [7, 11) is 3.45. The summed E-state index contributed by atoms with van der Waals surface area (Å²) in [5, 5.41) is 11.3. The molecule has 0 atom stereocenters. The van der Waals surface area contributed by atoms with Crippen molar-refractivity contribution in [2.24, 2.45) is 0 Å². The first kappa shape index (κ1) is 23.6. The standard InChI is InChI=1S/C20H22F6N6/c1-4-5-6-7-11-8-12(13-9-15(30-28-13)19(21,22)23)27-17(18(11)32(2)3)14-10-16(31-29-14)20(24,25)26/h8-10H,4-7H2,1-3H3,(H,28,30)(H,29,31). The molecule has 0 aliphatic heterocycles. The first-order valence-corrected chi connectivity index (χ1v) is 9.89. The van der Waals surface area contributed by atoms with Crippen LogP contribution in [0.1, 0.15) is 43.1 Å². The number of hydrogen-bond acceptors (Lipinski definition) is 4. The Morgan fingerprint density at radius 1 is 0.844 bits per heavy atom. The lowest BCUT2D eigenvalue weighted by molar-refractivity contribution is -0.142. The van der Waals surface area contributed by atoms with Gasteiger partial charge in [-0.2, -0.15) is 36.5 Å². The lowest BCUT2D eigenvalue weighted by Gasteiger charge is -2.21. The van der Waals surface area contributed by atoms with Crippen molar-refractivity contribution in [2.75, 3.05) is 19.0 Å². The number of hydrogen-bond donors (Lipinski definition) is 2. The number of aromatic nitrogens is 5. The van der Waals surface area contributed by atoms with Crippen molar-refractivity contribution in [3.8, 4) is 22.8 Å². The fourth-order valence-electron chi connectivity index (χ4n) is 3.36. The van der Waals surface area contributed by atoms with Gasteiger partial charge in [-0.05, 0) is 36.6 Å². The molecule has 0 aromatic carbocycles. The molecule has 174 valence electrons. The van der Waals surface area contributed by atoms with Crippen LogP contribution in [-0.4, -0.2) is 39.5 Å². The third-order valence-electron chi connectivity index (χ3n) is 4.84. The quantitative estimate of drug-likeness (QED) is 0.351. The minimum atomic E-state index is -4.65. The minimum Gasteiger partial charge on any atom is -0.376 e. The molecule has 0 amide bonds. The van der Waals surface area contributed by atoms with Gasteiger partial charge in [0.15, 0.2) is 11.4 Å². The van der Waals surface area contributed by atoms with Gasteiger partial charge in [-0.1, -0.05) is 19.8 Å². The molecular formula is C20H22F6N6. The average Bonchev–Trinajstić information content (AvgIpc) is 3.36. The maximum atomic E-state index is 13.1. The van der Waals surface area contributed by atoms with E-state index >= 15 is 0 Å². The maximum Gasteiger partial charge on any atom is 0.435 e. The molecule has 0 saturated carbocycles. The molecule has 12 heteroatoms. The third-order valence-corrected chi connectivity index (χ3v) is 4.84. The van der Waals surface area contributed by atoms with Crippen molar-refractivity contribution in [3.05, 3.63) is 35.2 Å². The SMILES string of the molecule is CCCCCc1cc(-c2cc(C(F)(F)F)n[nH]2)nc(-c2cc(C(F)(F)F)n[nH]2)c1N(C)C. The van der Waals surface area contributed by atoms with E-state index in [1.807, 2.05) is 6.92 Å². The Kier molecular flexibility index (Phi) is 6.51. The summed E-state index contributed by atoms with van der Waals surface area (Å²) in [5.41, 5.74) is -0.592. The van der Waals surface area contributed by atoms with Crippen LogP contribution >= 0.6 is 0 Å². The summed E-state index contributed by atoms with van der Waals surface area (Å²) < 4.78 is 78.3. The molecule has 3 aromatic heterocycles. The minimum absolute atomic E-state index is 0.00942. The van der Waals surface area contributed by atoms with Gasteiger partial charge in [0.05, 0.1) is 22.8 Å². The molecule has 0 fully saturated rings. The van der Waals surface area contributed by atoms with Crippen LogP contribution in [0.2, 0.25) is 0 Å². The number of nitrogens with zero attached hydrogens (tertiary/aromatic N) is 4. The van der Waals surface area contributed by atoms with E-state index < -0.39 is 23.7 Å². The zero-order valence-corrected chi connectivity index (χ0v) is 17.6. The van der Waals surface area contributed by atoms with Crippen molar-refractivity contribution in [1.29, 1.82) is 0 Å². The second-order valence-electron chi connectivity index (χ2n) is 7.54. The monoisotopic (exact) mass is 460 g/mol. The zero-order chi connectivity index (χ0) is 23.7. The van der Waals surface area contributed by atoms with Gasteiger partial charge in [-0.15, -0.1) is 0 Å². The number of rotatable bonds is 7. The van der Waals surface area contributed by atoms with E-state index in [2.05, 4.69) is 25.4 Å². The number of pyridine rings is 1. The fourth-order valence-corrected chi connectivity index (χ4v) is 3.36. The van der Waals surface area contributed by atoms with Gasteiger partial charge < -0.3 is 4.90 Å². The topological polar surface area (TPSA) is 73.5 Å². The van der Waals surface area contributed by atoms with Gasteiger partial charge in [0.25, 0.3) is 0 Å². The number of alkyl halides is 6. The van der Waals surface area contributed by atoms with Crippen LogP contribution in [0, 0.1) is 0 Å². The highest BCUT2D eigenvalue weighted by molar-refractivity contribution is 5.79. The van der Waals surface area contributed by atoms with Crippen LogP contribution in [0.4, 0.5) is 32.0 Å². The van der Waals surface area contributed by atoms with E-state index in [4.69, 9.17) is 0 Å². The van der Waals surface area contributed by atoms with Crippen LogP contribution < -0.4 is 4.90 Å². The highest BCUT2D eigenvalue weighted by Gasteiger charge is 2.35. The van der Waals surface area contributed by atoms with Crippen molar-refractivity contribution < 1.29 is 26.3 Å². The molecule has 0 aliphatic carbocycles. The number of nitrogens with one attached hydrogen (secondary N) is 2. The number of aryl methyl sites for hydroxylation is 1. The van der Waals surface area contributed by atoms with E-state index in [0.29, 0.717) is 12.1 Å². The van der Waals surface area contributed by atoms with E-state index in [0.717, 1.165) is 37.0 Å². The molecule has 0 radical (unpaired) electrons. The van der Waals surface area contributed by atoms with Crippen molar-refractivity contribution in [1.82, 2.24) is 25.4 Å². The Morgan fingerprint density at radius 2 is 1.41 bits per heavy atom. The van der Waals surface area contributed by atoms with Gasteiger partial charge in [0.1, 0.15) is 5.69 Å². The molecule has 3 heterocycles. The molecular weight excluding hydrogens is 438 g/mol. The number of H-pyrrole nitrogens is 2. The molecule has 3 aromatic rings. The van der Waals surface area contributed by atoms with Crippen LogP contribution in [0.25, 0.3) is 22.8 Å². The lowest BCUT2D eigenvalue weighted by Crippen LogP contribution is -2.14. The van der Waals surface area contributed by atoms with Crippen molar-refractivity contribution in [3.63, 3.8) is 0 Å². The predicted molar refractivity (Wildman–Crippen MR) is 107 cm³/mol.